The van der Waals surface area contributed by atoms with E-state index < -0.39 is 0 Å². The van der Waals surface area contributed by atoms with Crippen molar-refractivity contribution in [1.82, 2.24) is 20.2 Å². The van der Waals surface area contributed by atoms with Crippen molar-refractivity contribution in [3.8, 4) is 0 Å². The van der Waals surface area contributed by atoms with Gasteiger partial charge >= 0.3 is 0 Å². The Balaban J connectivity index is 1.65. The average molecular weight is 243 g/mol. The summed E-state index contributed by atoms with van der Waals surface area (Å²) in [5.74, 6) is 1.66. The molecule has 1 N–H and O–H groups in total. The molecule has 0 unspecified atom stereocenters. The highest BCUT2D eigenvalue weighted by Crippen LogP contribution is 2.23. The highest BCUT2D eigenvalue weighted by molar-refractivity contribution is 5.35. The predicted octanol–water partition coefficient (Wildman–Crippen LogP) is 1.66. The number of hydrogen-bond acceptors (Lipinski definition) is 4. The van der Waals surface area contributed by atoms with Crippen LogP contribution in [0.2, 0.25) is 0 Å². The first-order valence-electron chi connectivity index (χ1n) is 6.41. The van der Waals surface area contributed by atoms with Gasteiger partial charge in [-0.3, -0.25) is 10.1 Å². The minimum absolute atomic E-state index is 0.668. The Labute approximate surface area is 106 Å². The Hall–Kier alpha value is -1.91. The Morgan fingerprint density at radius 1 is 1.33 bits per heavy atom. The van der Waals surface area contributed by atoms with Gasteiger partial charge in [-0.25, -0.2) is 4.98 Å². The largest absolute Gasteiger partial charge is 0.355 e. The number of nitrogens with zero attached hydrogens (tertiary/aromatic N) is 4. The standard InChI is InChI=1S/C13H17N5/c1-2-11(8-12-3-4-16-17-12)10-18(7-1)13-9-14-5-6-15-13/h3-6,9,11H,1-2,7-8,10H2,(H,16,17)/t11-/m1/s1. The number of aromatic nitrogens is 4. The van der Waals surface area contributed by atoms with Crippen LogP contribution in [0.4, 0.5) is 5.82 Å². The van der Waals surface area contributed by atoms with Crippen molar-refractivity contribution < 1.29 is 0 Å². The lowest BCUT2D eigenvalue weighted by molar-refractivity contribution is 0.408. The quantitative estimate of drug-likeness (QED) is 0.890. The minimum atomic E-state index is 0.668. The third-order valence-electron chi connectivity index (χ3n) is 3.46. The second-order valence-electron chi connectivity index (χ2n) is 4.80. The smallest absolute Gasteiger partial charge is 0.147 e. The van der Waals surface area contributed by atoms with E-state index in [2.05, 4.69) is 31.1 Å². The molecule has 0 radical (unpaired) electrons. The normalized spacial score (nSPS) is 20.0. The monoisotopic (exact) mass is 243 g/mol. The molecule has 0 aliphatic carbocycles. The van der Waals surface area contributed by atoms with Gasteiger partial charge in [0.1, 0.15) is 5.82 Å². The minimum Gasteiger partial charge on any atom is -0.355 e. The molecule has 3 heterocycles. The first kappa shape index (κ1) is 11.2. The zero-order chi connectivity index (χ0) is 12.2. The first-order chi connectivity index (χ1) is 8.92. The van der Waals surface area contributed by atoms with Crippen molar-refractivity contribution in [2.45, 2.75) is 19.3 Å². The molecule has 1 aliphatic heterocycles. The van der Waals surface area contributed by atoms with Crippen molar-refractivity contribution >= 4 is 5.82 Å². The number of rotatable bonds is 3. The zero-order valence-corrected chi connectivity index (χ0v) is 10.3. The topological polar surface area (TPSA) is 57.7 Å². The van der Waals surface area contributed by atoms with Crippen molar-refractivity contribution in [1.29, 1.82) is 0 Å². The summed E-state index contributed by atoms with van der Waals surface area (Å²) in [6, 6.07) is 2.06. The second kappa shape index (κ2) is 5.16. The molecule has 0 amide bonds. The molecular weight excluding hydrogens is 226 g/mol. The molecule has 1 saturated heterocycles. The number of anilines is 1. The number of aromatic amines is 1. The molecular formula is C13H17N5. The van der Waals surface area contributed by atoms with Crippen molar-refractivity contribution in [3.63, 3.8) is 0 Å². The second-order valence-corrected chi connectivity index (χ2v) is 4.80. The summed E-state index contributed by atoms with van der Waals surface area (Å²) in [6.07, 6.45) is 10.7. The molecule has 5 heteroatoms. The molecule has 18 heavy (non-hydrogen) atoms. The summed E-state index contributed by atoms with van der Waals surface area (Å²) in [7, 11) is 0. The summed E-state index contributed by atoms with van der Waals surface area (Å²) in [4.78, 5) is 10.8. The van der Waals surface area contributed by atoms with Gasteiger partial charge in [0.05, 0.1) is 6.20 Å². The van der Waals surface area contributed by atoms with Crippen LogP contribution >= 0.6 is 0 Å². The zero-order valence-electron chi connectivity index (χ0n) is 10.3. The Morgan fingerprint density at radius 3 is 3.11 bits per heavy atom. The van der Waals surface area contributed by atoms with Crippen LogP contribution in [-0.4, -0.2) is 33.3 Å². The van der Waals surface area contributed by atoms with Crippen LogP contribution in [0.3, 0.4) is 0 Å². The van der Waals surface area contributed by atoms with Gasteiger partial charge < -0.3 is 4.90 Å². The molecule has 1 atom stereocenters. The van der Waals surface area contributed by atoms with E-state index in [1.807, 2.05) is 12.4 Å². The summed E-state index contributed by atoms with van der Waals surface area (Å²) in [6.45, 7) is 2.13. The predicted molar refractivity (Wildman–Crippen MR) is 69.3 cm³/mol. The summed E-state index contributed by atoms with van der Waals surface area (Å²) < 4.78 is 0. The lowest BCUT2D eigenvalue weighted by Crippen LogP contribution is -2.36. The highest BCUT2D eigenvalue weighted by atomic mass is 15.2. The molecule has 0 aromatic carbocycles. The molecule has 0 spiro atoms. The summed E-state index contributed by atoms with van der Waals surface area (Å²) in [5, 5.41) is 7.05. The van der Waals surface area contributed by atoms with Crippen LogP contribution in [0.1, 0.15) is 18.5 Å². The molecule has 0 saturated carbocycles. The van der Waals surface area contributed by atoms with E-state index in [9.17, 15) is 0 Å². The van der Waals surface area contributed by atoms with Gasteiger partial charge in [-0.2, -0.15) is 5.10 Å². The van der Waals surface area contributed by atoms with E-state index in [-0.39, 0.29) is 0 Å². The van der Waals surface area contributed by atoms with Crippen molar-refractivity contribution in [2.75, 3.05) is 18.0 Å². The SMILES string of the molecule is c1cnc(N2CCC[C@H](Cc3ccn[nH]3)C2)cn1. The number of nitrogens with one attached hydrogen (secondary N) is 1. The fourth-order valence-electron chi connectivity index (χ4n) is 2.60. The van der Waals surface area contributed by atoms with Crippen molar-refractivity contribution in [3.05, 3.63) is 36.5 Å². The van der Waals surface area contributed by atoms with Gasteiger partial charge in [-0.05, 0) is 31.2 Å². The molecule has 2 aromatic heterocycles. The molecule has 3 rings (SSSR count). The number of hydrogen-bond donors (Lipinski definition) is 1. The molecule has 1 aliphatic rings. The molecule has 5 nitrogen and oxygen atoms in total. The maximum absolute atomic E-state index is 4.38. The van der Waals surface area contributed by atoms with Gasteiger partial charge in [-0.15, -0.1) is 0 Å². The van der Waals surface area contributed by atoms with Gasteiger partial charge in [0.15, 0.2) is 0 Å². The summed E-state index contributed by atoms with van der Waals surface area (Å²) >= 11 is 0. The first-order valence-corrected chi connectivity index (χ1v) is 6.41. The van der Waals surface area contributed by atoms with Crippen LogP contribution in [0, 0.1) is 5.92 Å². The van der Waals surface area contributed by atoms with E-state index >= 15 is 0 Å². The van der Waals surface area contributed by atoms with E-state index in [0.717, 1.165) is 25.3 Å². The molecule has 2 aromatic rings. The maximum atomic E-state index is 4.38. The van der Waals surface area contributed by atoms with Gasteiger partial charge in [0, 0.05) is 37.4 Å². The lowest BCUT2D eigenvalue weighted by atomic mass is 9.93. The van der Waals surface area contributed by atoms with Gasteiger partial charge in [0.2, 0.25) is 0 Å². The lowest BCUT2D eigenvalue weighted by Gasteiger charge is -2.33. The van der Waals surface area contributed by atoms with Gasteiger partial charge in [-0.1, -0.05) is 0 Å². The van der Waals surface area contributed by atoms with Crippen LogP contribution in [0.25, 0.3) is 0 Å². The Kier molecular flexibility index (Phi) is 3.21. The number of piperidine rings is 1. The third kappa shape index (κ3) is 2.50. The third-order valence-corrected chi connectivity index (χ3v) is 3.46. The van der Waals surface area contributed by atoms with E-state index in [1.165, 1.54) is 18.5 Å². The van der Waals surface area contributed by atoms with Crippen molar-refractivity contribution in [2.24, 2.45) is 5.92 Å². The van der Waals surface area contributed by atoms with Gasteiger partial charge in [0.25, 0.3) is 0 Å². The molecule has 94 valence electrons. The van der Waals surface area contributed by atoms with E-state index in [4.69, 9.17) is 0 Å². The maximum Gasteiger partial charge on any atom is 0.147 e. The van der Waals surface area contributed by atoms with Crippen LogP contribution in [-0.2, 0) is 6.42 Å². The average Bonchev–Trinajstić information content (AvgIpc) is 2.93. The van der Waals surface area contributed by atoms with E-state index in [0.29, 0.717) is 5.92 Å². The number of H-pyrrole nitrogens is 1. The fourth-order valence-corrected chi connectivity index (χ4v) is 2.60. The highest BCUT2D eigenvalue weighted by Gasteiger charge is 2.21. The Morgan fingerprint density at radius 2 is 2.33 bits per heavy atom. The van der Waals surface area contributed by atoms with Crippen LogP contribution < -0.4 is 4.90 Å². The molecule has 1 fully saturated rings. The fraction of sp³-hybridized carbons (Fsp3) is 0.462. The summed E-state index contributed by atoms with van der Waals surface area (Å²) in [5.41, 5.74) is 1.22. The Bertz CT molecular complexity index is 467. The van der Waals surface area contributed by atoms with E-state index in [1.54, 1.807) is 12.4 Å². The molecule has 0 bridgehead atoms. The van der Waals surface area contributed by atoms with Crippen LogP contribution in [0.5, 0.6) is 0 Å². The van der Waals surface area contributed by atoms with Crippen LogP contribution in [0.15, 0.2) is 30.9 Å².